The van der Waals surface area contributed by atoms with Gasteiger partial charge in [0, 0.05) is 36.3 Å². The lowest BCUT2D eigenvalue weighted by Crippen LogP contribution is -2.22. The monoisotopic (exact) mass is 401 g/mol. The Morgan fingerprint density at radius 3 is 2.54 bits per heavy atom. The van der Waals surface area contributed by atoms with E-state index in [1.54, 1.807) is 68.4 Å². The van der Waals surface area contributed by atoms with Gasteiger partial charge in [-0.3, -0.25) is 9.36 Å². The lowest BCUT2D eigenvalue weighted by Gasteiger charge is -2.14. The summed E-state index contributed by atoms with van der Waals surface area (Å²) in [6.45, 7) is 1.78. The van der Waals surface area contributed by atoms with Crippen LogP contribution in [0.1, 0.15) is 6.92 Å². The van der Waals surface area contributed by atoms with E-state index >= 15 is 0 Å². The highest BCUT2D eigenvalue weighted by molar-refractivity contribution is 8.00. The van der Waals surface area contributed by atoms with Crippen LogP contribution in [0.3, 0.4) is 0 Å². The average molecular weight is 401 g/mol. The maximum Gasteiger partial charge on any atom is 0.237 e. The molecule has 3 aromatic rings. The molecule has 8 heteroatoms. The Balaban J connectivity index is 1.73. The molecule has 0 aliphatic rings. The van der Waals surface area contributed by atoms with Gasteiger partial charge >= 0.3 is 0 Å². The van der Waals surface area contributed by atoms with Crippen molar-refractivity contribution in [3.8, 4) is 17.2 Å². The minimum atomic E-state index is -0.438. The number of hydrogen-bond acceptors (Lipinski definition) is 5. The second-order valence-corrected chi connectivity index (χ2v) is 7.22. The molecule has 0 bridgehead atoms. The largest absolute Gasteiger partial charge is 0.497 e. The number of ether oxygens (including phenoxy) is 2. The third-order valence-corrected chi connectivity index (χ3v) is 5.04. The van der Waals surface area contributed by atoms with Crippen LogP contribution in [-0.4, -0.2) is 34.9 Å². The molecule has 1 N–H and O–H groups in total. The first-order valence-corrected chi connectivity index (χ1v) is 9.38. The van der Waals surface area contributed by atoms with Gasteiger partial charge in [-0.1, -0.05) is 17.8 Å². The van der Waals surface area contributed by atoms with E-state index in [0.717, 1.165) is 0 Å². The van der Waals surface area contributed by atoms with Crippen molar-refractivity contribution in [3.05, 3.63) is 60.7 Å². The predicted molar refractivity (Wildman–Crippen MR) is 107 cm³/mol. The summed E-state index contributed by atoms with van der Waals surface area (Å²) in [5.41, 5.74) is 1.22. The van der Waals surface area contributed by atoms with Crippen LogP contribution in [0.25, 0.3) is 5.69 Å². The molecule has 0 unspecified atom stereocenters. The van der Waals surface area contributed by atoms with Gasteiger partial charge in [-0.05, 0) is 25.1 Å². The van der Waals surface area contributed by atoms with Gasteiger partial charge in [0.1, 0.15) is 17.3 Å². The quantitative estimate of drug-likeness (QED) is 0.603. The fourth-order valence-corrected chi connectivity index (χ4v) is 3.42. The standard InChI is InChI=1S/C20H20FN3O3S/c1-13(19(25)23-15-10-17(26-2)12-18(11-15)27-3)28-20-22-7-8-24(20)16-6-4-5-14(21)9-16/h4-13H,1-3H3,(H,23,25)/t13-/m0/s1. The number of aromatic nitrogens is 2. The molecule has 146 valence electrons. The Labute approximate surface area is 166 Å². The van der Waals surface area contributed by atoms with Crippen molar-refractivity contribution in [1.82, 2.24) is 9.55 Å². The van der Waals surface area contributed by atoms with Gasteiger partial charge in [-0.2, -0.15) is 0 Å². The van der Waals surface area contributed by atoms with Crippen molar-refractivity contribution >= 4 is 23.4 Å². The van der Waals surface area contributed by atoms with E-state index in [4.69, 9.17) is 9.47 Å². The van der Waals surface area contributed by atoms with Gasteiger partial charge in [-0.15, -0.1) is 0 Å². The molecule has 0 saturated heterocycles. The van der Waals surface area contributed by atoms with Crippen LogP contribution in [0.15, 0.2) is 60.0 Å². The van der Waals surface area contributed by atoms with Gasteiger partial charge in [0.05, 0.1) is 25.2 Å². The summed E-state index contributed by atoms with van der Waals surface area (Å²) in [5.74, 6) is 0.627. The highest BCUT2D eigenvalue weighted by Crippen LogP contribution is 2.28. The average Bonchev–Trinajstić information content (AvgIpc) is 3.15. The summed E-state index contributed by atoms with van der Waals surface area (Å²) in [4.78, 5) is 16.9. The fourth-order valence-electron chi connectivity index (χ4n) is 2.53. The number of carbonyl (C=O) groups excluding carboxylic acids is 1. The zero-order chi connectivity index (χ0) is 20.1. The Morgan fingerprint density at radius 1 is 1.18 bits per heavy atom. The zero-order valence-electron chi connectivity index (χ0n) is 15.7. The molecule has 0 fully saturated rings. The van der Waals surface area contributed by atoms with Crippen molar-refractivity contribution in [1.29, 1.82) is 0 Å². The van der Waals surface area contributed by atoms with Crippen molar-refractivity contribution in [2.45, 2.75) is 17.3 Å². The summed E-state index contributed by atoms with van der Waals surface area (Å²) in [7, 11) is 3.09. The van der Waals surface area contributed by atoms with Gasteiger partial charge < -0.3 is 14.8 Å². The van der Waals surface area contributed by atoms with E-state index in [0.29, 0.717) is 28.0 Å². The van der Waals surface area contributed by atoms with Crippen LogP contribution >= 0.6 is 11.8 Å². The second-order valence-electron chi connectivity index (χ2n) is 5.91. The molecule has 0 aliphatic heterocycles. The number of anilines is 1. The number of carbonyl (C=O) groups is 1. The van der Waals surface area contributed by atoms with Crippen LogP contribution in [0.4, 0.5) is 10.1 Å². The normalized spacial score (nSPS) is 11.7. The number of methoxy groups -OCH3 is 2. The van der Waals surface area contributed by atoms with E-state index in [2.05, 4.69) is 10.3 Å². The maximum atomic E-state index is 13.5. The van der Waals surface area contributed by atoms with Gasteiger partial charge in [-0.25, -0.2) is 9.37 Å². The second kappa shape index (κ2) is 8.79. The molecule has 1 aromatic heterocycles. The first-order valence-electron chi connectivity index (χ1n) is 8.50. The molecule has 1 amide bonds. The van der Waals surface area contributed by atoms with Crippen molar-refractivity contribution in [2.75, 3.05) is 19.5 Å². The Bertz CT molecular complexity index is 955. The molecule has 6 nitrogen and oxygen atoms in total. The van der Waals surface area contributed by atoms with Gasteiger partial charge in [0.2, 0.25) is 5.91 Å². The fraction of sp³-hybridized carbons (Fsp3) is 0.200. The number of thioether (sulfide) groups is 1. The molecule has 3 rings (SSSR count). The predicted octanol–water partition coefficient (Wildman–Crippen LogP) is 4.15. The lowest BCUT2D eigenvalue weighted by atomic mass is 10.2. The van der Waals surface area contributed by atoms with Crippen LogP contribution in [0, 0.1) is 5.82 Å². The maximum absolute atomic E-state index is 13.5. The summed E-state index contributed by atoms with van der Waals surface area (Å²) in [5, 5.41) is 3.01. The van der Waals surface area contributed by atoms with Crippen LogP contribution in [0.2, 0.25) is 0 Å². The number of benzene rings is 2. The van der Waals surface area contributed by atoms with Crippen molar-refractivity contribution in [3.63, 3.8) is 0 Å². The first kappa shape index (κ1) is 19.8. The molecular weight excluding hydrogens is 381 g/mol. The number of rotatable bonds is 7. The summed E-state index contributed by atoms with van der Waals surface area (Å²) in [6.07, 6.45) is 3.35. The topological polar surface area (TPSA) is 65.4 Å². The zero-order valence-corrected chi connectivity index (χ0v) is 16.5. The molecule has 0 radical (unpaired) electrons. The van der Waals surface area contributed by atoms with E-state index in [-0.39, 0.29) is 11.7 Å². The van der Waals surface area contributed by atoms with Gasteiger partial charge in [0.15, 0.2) is 5.16 Å². The smallest absolute Gasteiger partial charge is 0.237 e. The molecule has 1 heterocycles. The van der Waals surface area contributed by atoms with Crippen LogP contribution < -0.4 is 14.8 Å². The molecule has 0 saturated carbocycles. The first-order chi connectivity index (χ1) is 13.5. The summed E-state index contributed by atoms with van der Waals surface area (Å²) < 4.78 is 25.7. The third-order valence-electron chi connectivity index (χ3n) is 3.96. The molecule has 0 spiro atoms. The highest BCUT2D eigenvalue weighted by atomic mass is 32.2. The molecular formula is C20H20FN3O3S. The number of hydrogen-bond donors (Lipinski definition) is 1. The van der Waals surface area contributed by atoms with Crippen molar-refractivity contribution < 1.29 is 18.7 Å². The van der Waals surface area contributed by atoms with Gasteiger partial charge in [0.25, 0.3) is 0 Å². The van der Waals surface area contributed by atoms with E-state index in [9.17, 15) is 9.18 Å². The summed E-state index contributed by atoms with van der Waals surface area (Å²) in [6, 6.07) is 11.4. The molecule has 0 aliphatic carbocycles. The minimum absolute atomic E-state index is 0.200. The Morgan fingerprint density at radius 2 is 1.89 bits per heavy atom. The lowest BCUT2D eigenvalue weighted by molar-refractivity contribution is -0.115. The number of nitrogens with zero attached hydrogens (tertiary/aromatic N) is 2. The number of nitrogens with one attached hydrogen (secondary N) is 1. The van der Waals surface area contributed by atoms with E-state index in [1.165, 1.54) is 23.9 Å². The van der Waals surface area contributed by atoms with E-state index in [1.807, 2.05) is 0 Å². The molecule has 2 aromatic carbocycles. The van der Waals surface area contributed by atoms with E-state index < -0.39 is 5.25 Å². The number of amides is 1. The third kappa shape index (κ3) is 4.64. The molecule has 1 atom stereocenters. The Kier molecular flexibility index (Phi) is 6.20. The minimum Gasteiger partial charge on any atom is -0.497 e. The SMILES string of the molecule is COc1cc(NC(=O)[C@H](C)Sc2nccn2-c2cccc(F)c2)cc(OC)c1. The molecule has 28 heavy (non-hydrogen) atoms. The van der Waals surface area contributed by atoms with Crippen molar-refractivity contribution in [2.24, 2.45) is 0 Å². The summed E-state index contributed by atoms with van der Waals surface area (Å²) >= 11 is 1.28. The van der Waals surface area contributed by atoms with Crippen LogP contribution in [0.5, 0.6) is 11.5 Å². The number of imidazole rings is 1. The highest BCUT2D eigenvalue weighted by Gasteiger charge is 2.18. The number of halogens is 1. The Hall–Kier alpha value is -3.00. The van der Waals surface area contributed by atoms with Crippen LogP contribution in [-0.2, 0) is 4.79 Å².